The largest absolute Gasteiger partial charge is 0.398 e. The summed E-state index contributed by atoms with van der Waals surface area (Å²) < 4.78 is 24.0. The van der Waals surface area contributed by atoms with Gasteiger partial charge in [0.15, 0.2) is 9.84 Å². The number of nitrogens with two attached hydrogens (primary N) is 1. The van der Waals surface area contributed by atoms with Crippen LogP contribution in [0.15, 0.2) is 23.1 Å². The van der Waals surface area contributed by atoms with Crippen LogP contribution >= 0.6 is 0 Å². The van der Waals surface area contributed by atoms with Gasteiger partial charge >= 0.3 is 0 Å². The van der Waals surface area contributed by atoms with Crippen LogP contribution in [0.5, 0.6) is 0 Å². The van der Waals surface area contributed by atoms with Crippen LogP contribution in [0.4, 0.5) is 5.69 Å². The fourth-order valence-electron chi connectivity index (χ4n) is 1.62. The molecule has 4 heteroatoms. The second-order valence-corrected chi connectivity index (χ2v) is 6.07. The molecule has 0 amide bonds. The molecule has 0 heterocycles. The van der Waals surface area contributed by atoms with E-state index < -0.39 is 9.84 Å². The number of hydrogen-bond donors (Lipinski definition) is 1. The third-order valence-corrected chi connectivity index (χ3v) is 4.62. The highest BCUT2D eigenvalue weighted by Gasteiger charge is 2.17. The van der Waals surface area contributed by atoms with Gasteiger partial charge in [0.2, 0.25) is 0 Å². The van der Waals surface area contributed by atoms with Gasteiger partial charge in [-0.15, -0.1) is 0 Å². The van der Waals surface area contributed by atoms with Gasteiger partial charge in [-0.1, -0.05) is 25.8 Å². The smallest absolute Gasteiger partial charge is 0.178 e. The lowest BCUT2D eigenvalue weighted by molar-refractivity contribution is 0.590. The number of hydrogen-bond acceptors (Lipinski definition) is 3. The molecule has 0 spiro atoms. The maximum Gasteiger partial charge on any atom is 0.178 e. The van der Waals surface area contributed by atoms with Gasteiger partial charge in [-0.3, -0.25) is 0 Å². The summed E-state index contributed by atoms with van der Waals surface area (Å²) in [5, 5.41) is 0. The fraction of sp³-hybridized carbons (Fsp3) is 0.500. The molecule has 0 saturated heterocycles. The van der Waals surface area contributed by atoms with E-state index in [0.717, 1.165) is 12.8 Å². The van der Waals surface area contributed by atoms with E-state index in [-0.39, 0.29) is 5.75 Å². The molecule has 1 aromatic rings. The molecule has 0 aliphatic carbocycles. The van der Waals surface area contributed by atoms with E-state index in [1.165, 1.54) is 0 Å². The van der Waals surface area contributed by atoms with E-state index in [1.807, 2.05) is 0 Å². The molecule has 0 fully saturated rings. The average Bonchev–Trinajstić information content (AvgIpc) is 2.22. The lowest BCUT2D eigenvalue weighted by atomic mass is 10.2. The molecule has 90 valence electrons. The highest BCUT2D eigenvalue weighted by atomic mass is 32.2. The van der Waals surface area contributed by atoms with E-state index in [9.17, 15) is 8.42 Å². The minimum atomic E-state index is -3.17. The van der Waals surface area contributed by atoms with Crippen molar-refractivity contribution in [2.75, 3.05) is 11.5 Å². The van der Waals surface area contributed by atoms with E-state index in [4.69, 9.17) is 5.73 Å². The standard InChI is InChI=1S/C12H19NO2S/c1-3-4-5-9-16(14,15)12-8-6-7-11(13)10(12)2/h6-8H,3-5,9,13H2,1-2H3. The van der Waals surface area contributed by atoms with Crippen LogP contribution < -0.4 is 5.73 Å². The first-order valence-corrected chi connectivity index (χ1v) is 7.22. The van der Waals surface area contributed by atoms with Crippen LogP contribution in [0.1, 0.15) is 31.7 Å². The summed E-state index contributed by atoms with van der Waals surface area (Å²) in [6.45, 7) is 3.81. The van der Waals surface area contributed by atoms with Gasteiger partial charge in [-0.25, -0.2) is 8.42 Å². The Labute approximate surface area is 97.6 Å². The van der Waals surface area contributed by atoms with Crippen LogP contribution in [0, 0.1) is 6.92 Å². The van der Waals surface area contributed by atoms with E-state index in [1.54, 1.807) is 25.1 Å². The molecule has 0 aliphatic rings. The van der Waals surface area contributed by atoms with Crippen LogP contribution in [-0.2, 0) is 9.84 Å². The summed E-state index contributed by atoms with van der Waals surface area (Å²) in [4.78, 5) is 0.378. The van der Waals surface area contributed by atoms with Gasteiger partial charge in [-0.2, -0.15) is 0 Å². The quantitative estimate of drug-likeness (QED) is 0.636. The molecule has 1 aromatic carbocycles. The Morgan fingerprint density at radius 3 is 2.56 bits per heavy atom. The number of sulfone groups is 1. The van der Waals surface area contributed by atoms with Gasteiger partial charge in [0.1, 0.15) is 0 Å². The zero-order valence-electron chi connectivity index (χ0n) is 9.86. The highest BCUT2D eigenvalue weighted by Crippen LogP contribution is 2.22. The van der Waals surface area contributed by atoms with Crippen LogP contribution in [0.2, 0.25) is 0 Å². The van der Waals surface area contributed by atoms with Gasteiger partial charge in [-0.05, 0) is 31.0 Å². The van der Waals surface area contributed by atoms with Crippen molar-refractivity contribution in [2.24, 2.45) is 0 Å². The van der Waals surface area contributed by atoms with Crippen molar-refractivity contribution in [3.8, 4) is 0 Å². The summed E-state index contributed by atoms with van der Waals surface area (Å²) in [5.41, 5.74) is 6.91. The second kappa shape index (κ2) is 5.34. The van der Waals surface area contributed by atoms with Gasteiger partial charge in [0.05, 0.1) is 10.6 Å². The Morgan fingerprint density at radius 1 is 1.25 bits per heavy atom. The van der Waals surface area contributed by atoms with E-state index in [0.29, 0.717) is 22.6 Å². The molecular weight excluding hydrogens is 222 g/mol. The zero-order chi connectivity index (χ0) is 12.2. The zero-order valence-corrected chi connectivity index (χ0v) is 10.7. The molecule has 2 N–H and O–H groups in total. The van der Waals surface area contributed by atoms with Crippen molar-refractivity contribution in [1.82, 2.24) is 0 Å². The highest BCUT2D eigenvalue weighted by molar-refractivity contribution is 7.91. The maximum atomic E-state index is 12.0. The lowest BCUT2D eigenvalue weighted by Gasteiger charge is -2.09. The number of nitrogen functional groups attached to an aromatic ring is 1. The van der Waals surface area contributed by atoms with Crippen LogP contribution in [-0.4, -0.2) is 14.2 Å². The van der Waals surface area contributed by atoms with E-state index in [2.05, 4.69) is 6.92 Å². The van der Waals surface area contributed by atoms with Gasteiger partial charge < -0.3 is 5.73 Å². The monoisotopic (exact) mass is 241 g/mol. The number of benzene rings is 1. The Kier molecular flexibility index (Phi) is 4.35. The SMILES string of the molecule is CCCCCS(=O)(=O)c1cccc(N)c1C. The van der Waals surface area contributed by atoms with Crippen molar-refractivity contribution >= 4 is 15.5 Å². The lowest BCUT2D eigenvalue weighted by Crippen LogP contribution is -2.09. The topological polar surface area (TPSA) is 60.2 Å². The predicted molar refractivity (Wildman–Crippen MR) is 67.2 cm³/mol. The predicted octanol–water partition coefficient (Wildman–Crippen LogP) is 2.54. The first-order valence-electron chi connectivity index (χ1n) is 5.57. The summed E-state index contributed by atoms with van der Waals surface area (Å²) in [7, 11) is -3.17. The molecule has 0 aromatic heterocycles. The third kappa shape index (κ3) is 2.98. The minimum Gasteiger partial charge on any atom is -0.398 e. The molecule has 1 rings (SSSR count). The Balaban J connectivity index is 2.94. The summed E-state index contributed by atoms with van der Waals surface area (Å²) in [5.74, 6) is 0.213. The second-order valence-electron chi connectivity index (χ2n) is 4.00. The molecular formula is C12H19NO2S. The van der Waals surface area contributed by atoms with Crippen LogP contribution in [0.3, 0.4) is 0 Å². The van der Waals surface area contributed by atoms with E-state index >= 15 is 0 Å². The molecule has 0 atom stereocenters. The number of unbranched alkanes of at least 4 members (excludes halogenated alkanes) is 2. The van der Waals surface area contributed by atoms with Crippen molar-refractivity contribution in [2.45, 2.75) is 38.0 Å². The molecule has 0 saturated carbocycles. The number of rotatable bonds is 5. The normalized spacial score (nSPS) is 11.6. The summed E-state index contributed by atoms with van der Waals surface area (Å²) in [6, 6.07) is 5.04. The summed E-state index contributed by atoms with van der Waals surface area (Å²) in [6.07, 6.45) is 2.68. The summed E-state index contributed by atoms with van der Waals surface area (Å²) >= 11 is 0. The molecule has 0 radical (unpaired) electrons. The third-order valence-electron chi connectivity index (χ3n) is 2.68. The average molecular weight is 241 g/mol. The van der Waals surface area contributed by atoms with Crippen molar-refractivity contribution < 1.29 is 8.42 Å². The van der Waals surface area contributed by atoms with Crippen molar-refractivity contribution in [3.05, 3.63) is 23.8 Å². The van der Waals surface area contributed by atoms with Gasteiger partial charge in [0.25, 0.3) is 0 Å². The Hall–Kier alpha value is -1.03. The van der Waals surface area contributed by atoms with Gasteiger partial charge in [0, 0.05) is 5.69 Å². The van der Waals surface area contributed by atoms with Crippen molar-refractivity contribution in [1.29, 1.82) is 0 Å². The number of anilines is 1. The Morgan fingerprint density at radius 2 is 1.94 bits per heavy atom. The first-order chi connectivity index (χ1) is 7.49. The molecule has 16 heavy (non-hydrogen) atoms. The molecule has 0 unspecified atom stereocenters. The fourth-order valence-corrected chi connectivity index (χ4v) is 3.29. The van der Waals surface area contributed by atoms with Crippen molar-refractivity contribution in [3.63, 3.8) is 0 Å². The molecule has 0 aliphatic heterocycles. The molecule has 3 nitrogen and oxygen atoms in total. The molecule has 0 bridgehead atoms. The minimum absolute atomic E-state index is 0.213. The maximum absolute atomic E-state index is 12.0. The Bertz CT molecular complexity index is 452. The van der Waals surface area contributed by atoms with Crippen LogP contribution in [0.25, 0.3) is 0 Å². The first kappa shape index (κ1) is 13.0.